The van der Waals surface area contributed by atoms with Crippen molar-refractivity contribution in [2.75, 3.05) is 12.4 Å². The molecular formula is C20H22N4O2S. The number of nitrogens with one attached hydrogen (secondary N) is 1. The van der Waals surface area contributed by atoms with Crippen molar-refractivity contribution in [1.82, 2.24) is 14.7 Å². The van der Waals surface area contributed by atoms with Crippen molar-refractivity contribution in [2.45, 2.75) is 20.4 Å². The van der Waals surface area contributed by atoms with Gasteiger partial charge in [0.2, 0.25) is 5.91 Å². The normalized spacial score (nSPS) is 10.8. The minimum atomic E-state index is -0.196. The lowest BCUT2D eigenvalue weighted by molar-refractivity contribution is -0.118. The molecule has 3 rings (SSSR count). The molecule has 3 aromatic rings. The number of thiophene rings is 1. The number of rotatable bonds is 6. The first-order valence-corrected chi connectivity index (χ1v) is 9.58. The standard InChI is InChI=1S/C20H22N4O2S/c1-14(2)19(25)21-18-12-17(22-24(18)15-8-5-4-6-9-15)20(26)23(3)13-16-10-7-11-27-16/h4-12,14H,13H2,1-3H3,(H,21,25). The van der Waals surface area contributed by atoms with Crippen molar-refractivity contribution in [3.05, 3.63) is 64.5 Å². The lowest BCUT2D eigenvalue weighted by Gasteiger charge is -2.14. The molecule has 1 aromatic carbocycles. The summed E-state index contributed by atoms with van der Waals surface area (Å²) < 4.78 is 1.59. The minimum absolute atomic E-state index is 0.127. The van der Waals surface area contributed by atoms with E-state index >= 15 is 0 Å². The van der Waals surface area contributed by atoms with Crippen LogP contribution < -0.4 is 5.32 Å². The molecule has 0 aliphatic carbocycles. The number of carbonyl (C=O) groups excluding carboxylic acids is 2. The van der Waals surface area contributed by atoms with Crippen LogP contribution in [0.4, 0.5) is 5.82 Å². The summed E-state index contributed by atoms with van der Waals surface area (Å²) in [5.41, 5.74) is 1.06. The Balaban J connectivity index is 1.90. The summed E-state index contributed by atoms with van der Waals surface area (Å²) in [5.74, 6) is -0.0197. The van der Waals surface area contributed by atoms with Crippen LogP contribution in [0.5, 0.6) is 0 Å². The van der Waals surface area contributed by atoms with E-state index in [-0.39, 0.29) is 23.4 Å². The van der Waals surface area contributed by atoms with E-state index in [1.807, 2.05) is 61.7 Å². The SMILES string of the molecule is CC(C)C(=O)Nc1cc(C(=O)N(C)Cc2cccs2)nn1-c1ccccc1. The van der Waals surface area contributed by atoms with E-state index in [1.165, 1.54) is 0 Å². The first-order valence-electron chi connectivity index (χ1n) is 8.70. The topological polar surface area (TPSA) is 67.2 Å². The molecular weight excluding hydrogens is 360 g/mol. The summed E-state index contributed by atoms with van der Waals surface area (Å²) >= 11 is 1.60. The monoisotopic (exact) mass is 382 g/mol. The fourth-order valence-corrected chi connectivity index (χ4v) is 3.27. The van der Waals surface area contributed by atoms with Gasteiger partial charge in [0.25, 0.3) is 5.91 Å². The van der Waals surface area contributed by atoms with Gasteiger partial charge in [-0.05, 0) is 23.6 Å². The van der Waals surface area contributed by atoms with Gasteiger partial charge in [-0.2, -0.15) is 5.10 Å². The summed E-state index contributed by atoms with van der Waals surface area (Å²) in [6, 6.07) is 15.0. The largest absolute Gasteiger partial charge is 0.335 e. The van der Waals surface area contributed by atoms with Crippen molar-refractivity contribution >= 4 is 29.0 Å². The number of carbonyl (C=O) groups is 2. The highest BCUT2D eigenvalue weighted by atomic mass is 32.1. The van der Waals surface area contributed by atoms with Gasteiger partial charge >= 0.3 is 0 Å². The third kappa shape index (κ3) is 4.43. The number of benzene rings is 1. The van der Waals surface area contributed by atoms with Crippen molar-refractivity contribution < 1.29 is 9.59 Å². The predicted molar refractivity (Wildman–Crippen MR) is 107 cm³/mol. The highest BCUT2D eigenvalue weighted by molar-refractivity contribution is 7.09. The van der Waals surface area contributed by atoms with Crippen LogP contribution in [0.2, 0.25) is 0 Å². The molecule has 0 unspecified atom stereocenters. The summed E-state index contributed by atoms with van der Waals surface area (Å²) in [4.78, 5) is 27.7. The number of amides is 2. The van der Waals surface area contributed by atoms with Crippen LogP contribution in [-0.2, 0) is 11.3 Å². The van der Waals surface area contributed by atoms with Crippen LogP contribution in [-0.4, -0.2) is 33.5 Å². The molecule has 0 bridgehead atoms. The fraction of sp³-hybridized carbons (Fsp3) is 0.250. The maximum Gasteiger partial charge on any atom is 0.274 e. The Bertz CT molecular complexity index is 917. The Kier molecular flexibility index (Phi) is 5.71. The molecule has 7 heteroatoms. The maximum atomic E-state index is 12.8. The van der Waals surface area contributed by atoms with E-state index in [9.17, 15) is 9.59 Å². The average molecular weight is 382 g/mol. The molecule has 1 N–H and O–H groups in total. The smallest absolute Gasteiger partial charge is 0.274 e. The molecule has 6 nitrogen and oxygen atoms in total. The molecule has 0 saturated heterocycles. The Labute approximate surface area is 162 Å². The lowest BCUT2D eigenvalue weighted by atomic mass is 10.2. The molecule has 0 spiro atoms. The highest BCUT2D eigenvalue weighted by Crippen LogP contribution is 2.20. The molecule has 27 heavy (non-hydrogen) atoms. The predicted octanol–water partition coefficient (Wildman–Crippen LogP) is 3.80. The Morgan fingerprint density at radius 3 is 2.56 bits per heavy atom. The molecule has 2 amide bonds. The lowest BCUT2D eigenvalue weighted by Crippen LogP contribution is -2.26. The van der Waals surface area contributed by atoms with Crippen LogP contribution >= 0.6 is 11.3 Å². The molecule has 2 heterocycles. The third-order valence-corrected chi connectivity index (χ3v) is 4.89. The molecule has 0 fully saturated rings. The van der Waals surface area contributed by atoms with Gasteiger partial charge in [-0.25, -0.2) is 4.68 Å². The van der Waals surface area contributed by atoms with E-state index in [0.29, 0.717) is 12.4 Å². The van der Waals surface area contributed by atoms with Crippen molar-refractivity contribution in [1.29, 1.82) is 0 Å². The number of nitrogens with zero attached hydrogens (tertiary/aromatic N) is 3. The molecule has 0 radical (unpaired) electrons. The van der Waals surface area contributed by atoms with Crippen LogP contribution in [0, 0.1) is 5.92 Å². The van der Waals surface area contributed by atoms with Crippen LogP contribution in [0.1, 0.15) is 29.2 Å². The number of aromatic nitrogens is 2. The van der Waals surface area contributed by atoms with Crippen LogP contribution in [0.15, 0.2) is 53.9 Å². The Morgan fingerprint density at radius 1 is 1.19 bits per heavy atom. The van der Waals surface area contributed by atoms with E-state index in [0.717, 1.165) is 10.6 Å². The zero-order valence-electron chi connectivity index (χ0n) is 15.5. The van der Waals surface area contributed by atoms with Crippen LogP contribution in [0.25, 0.3) is 5.69 Å². The molecule has 0 aliphatic heterocycles. The number of hydrogen-bond acceptors (Lipinski definition) is 4. The zero-order chi connectivity index (χ0) is 19.4. The summed E-state index contributed by atoms with van der Waals surface area (Å²) in [6.45, 7) is 4.15. The van der Waals surface area contributed by atoms with E-state index in [4.69, 9.17) is 0 Å². The second-order valence-electron chi connectivity index (χ2n) is 6.55. The molecule has 2 aromatic heterocycles. The van der Waals surface area contributed by atoms with E-state index in [2.05, 4.69) is 10.4 Å². The van der Waals surface area contributed by atoms with Crippen molar-refractivity contribution in [3.63, 3.8) is 0 Å². The van der Waals surface area contributed by atoms with Gasteiger partial charge in [-0.3, -0.25) is 9.59 Å². The minimum Gasteiger partial charge on any atom is -0.335 e. The average Bonchev–Trinajstić information content (AvgIpc) is 3.31. The van der Waals surface area contributed by atoms with Gasteiger partial charge in [0, 0.05) is 23.9 Å². The maximum absolute atomic E-state index is 12.8. The van der Waals surface area contributed by atoms with Gasteiger partial charge in [-0.1, -0.05) is 38.1 Å². The number of hydrogen-bond donors (Lipinski definition) is 1. The second-order valence-corrected chi connectivity index (χ2v) is 7.58. The summed E-state index contributed by atoms with van der Waals surface area (Å²) in [6.07, 6.45) is 0. The zero-order valence-corrected chi connectivity index (χ0v) is 16.4. The van der Waals surface area contributed by atoms with E-state index < -0.39 is 0 Å². The first-order chi connectivity index (χ1) is 13.0. The van der Waals surface area contributed by atoms with E-state index in [1.54, 1.807) is 34.0 Å². The molecule has 0 atom stereocenters. The summed E-state index contributed by atoms with van der Waals surface area (Å²) in [7, 11) is 1.75. The molecule has 0 saturated carbocycles. The van der Waals surface area contributed by atoms with Gasteiger partial charge < -0.3 is 10.2 Å². The van der Waals surface area contributed by atoms with Gasteiger partial charge in [0.05, 0.1) is 12.2 Å². The number of anilines is 1. The van der Waals surface area contributed by atoms with Gasteiger partial charge in [0.1, 0.15) is 5.82 Å². The Morgan fingerprint density at radius 2 is 1.93 bits per heavy atom. The quantitative estimate of drug-likeness (QED) is 0.705. The third-order valence-electron chi connectivity index (χ3n) is 4.02. The van der Waals surface area contributed by atoms with Crippen molar-refractivity contribution in [3.8, 4) is 5.69 Å². The summed E-state index contributed by atoms with van der Waals surface area (Å²) in [5, 5.41) is 9.30. The van der Waals surface area contributed by atoms with Crippen molar-refractivity contribution in [2.24, 2.45) is 5.92 Å². The Hall–Kier alpha value is -2.93. The first kappa shape index (κ1) is 18.8. The second kappa shape index (κ2) is 8.18. The number of para-hydroxylation sites is 1. The molecule has 140 valence electrons. The highest BCUT2D eigenvalue weighted by Gasteiger charge is 2.21. The fourth-order valence-electron chi connectivity index (χ4n) is 2.51. The van der Waals surface area contributed by atoms with Gasteiger partial charge in [-0.15, -0.1) is 11.3 Å². The van der Waals surface area contributed by atoms with Gasteiger partial charge in [0.15, 0.2) is 5.69 Å². The van der Waals surface area contributed by atoms with Crippen LogP contribution in [0.3, 0.4) is 0 Å². The molecule has 0 aliphatic rings.